The van der Waals surface area contributed by atoms with Crippen molar-refractivity contribution in [3.05, 3.63) is 36.5 Å². The van der Waals surface area contributed by atoms with E-state index in [1.54, 1.807) is 13.8 Å². The van der Waals surface area contributed by atoms with Crippen LogP contribution in [0.1, 0.15) is 46.5 Å². The maximum atomic E-state index is 11.3. The van der Waals surface area contributed by atoms with Gasteiger partial charge in [0.2, 0.25) is 5.91 Å². The number of nitrogens with one attached hydrogen (secondary N) is 1. The first kappa shape index (κ1) is 56.3. The summed E-state index contributed by atoms with van der Waals surface area (Å²) in [5, 5.41) is 13.1. The normalized spacial score (nSPS) is 12.7. The van der Waals surface area contributed by atoms with Crippen molar-refractivity contribution in [2.24, 2.45) is 0 Å². The van der Waals surface area contributed by atoms with Gasteiger partial charge in [0, 0.05) is 47.8 Å². The van der Waals surface area contributed by atoms with E-state index < -0.39 is 35.8 Å². The summed E-state index contributed by atoms with van der Waals surface area (Å²) in [6.07, 6.45) is 1.94. The zero-order chi connectivity index (χ0) is 43.7. The third kappa shape index (κ3) is 40.5. The molecular formula is C35H67N4O14PS. The molecule has 0 saturated carbocycles. The minimum Gasteiger partial charge on any atom is -0.756 e. The predicted octanol–water partition coefficient (Wildman–Crippen LogP) is 0.106. The van der Waals surface area contributed by atoms with Crippen molar-refractivity contribution < 1.29 is 78.7 Å². The first-order valence-electron chi connectivity index (χ1n) is 17.6. The minimum atomic E-state index is -4.34. The van der Waals surface area contributed by atoms with Crippen molar-refractivity contribution in [3.8, 4) is 0 Å². The Morgan fingerprint density at radius 3 is 1.60 bits per heavy atom. The Morgan fingerprint density at radius 2 is 1.15 bits per heavy atom. The van der Waals surface area contributed by atoms with Crippen LogP contribution in [-0.4, -0.2) is 171 Å². The highest BCUT2D eigenvalue weighted by molar-refractivity contribution is 7.85. The van der Waals surface area contributed by atoms with Crippen LogP contribution in [0.15, 0.2) is 36.5 Å². The number of rotatable bonds is 26. The van der Waals surface area contributed by atoms with E-state index in [9.17, 15) is 46.7 Å². The molecule has 0 fully saturated rings. The molecule has 0 aliphatic rings. The third-order valence-electron chi connectivity index (χ3n) is 7.15. The Balaban J connectivity index is -0.000000742. The van der Waals surface area contributed by atoms with E-state index in [0.717, 1.165) is 24.0 Å². The number of carboxylic acid groups (broad SMARTS) is 1. The second-order valence-corrected chi connectivity index (χ2v) is 18.1. The fourth-order valence-electron chi connectivity index (χ4n) is 3.68. The van der Waals surface area contributed by atoms with Gasteiger partial charge < -0.3 is 56.6 Å². The number of likely N-dealkylation sites (N-methyl/N-ethyl adjacent to an activating group) is 2. The van der Waals surface area contributed by atoms with Crippen LogP contribution < -0.4 is 15.3 Å². The van der Waals surface area contributed by atoms with Gasteiger partial charge in [-0.05, 0) is 33.6 Å². The first-order chi connectivity index (χ1) is 24.8. The minimum absolute atomic E-state index is 0.00142. The highest BCUT2D eigenvalue weighted by atomic mass is 32.2. The van der Waals surface area contributed by atoms with E-state index in [1.165, 1.54) is 6.92 Å². The van der Waals surface area contributed by atoms with Crippen molar-refractivity contribution in [1.82, 2.24) is 5.32 Å². The third-order valence-corrected chi connectivity index (χ3v) is 8.93. The number of hydrogen-bond donors (Lipinski definition) is 1. The predicted molar refractivity (Wildman–Crippen MR) is 204 cm³/mol. The summed E-state index contributed by atoms with van der Waals surface area (Å²) < 4.78 is 63.3. The molecule has 0 aromatic carbocycles. The highest BCUT2D eigenvalue weighted by Gasteiger charge is 2.17. The molecular weight excluding hydrogens is 763 g/mol. The largest absolute Gasteiger partial charge is 0.756 e. The summed E-state index contributed by atoms with van der Waals surface area (Å²) >= 11 is 0. The van der Waals surface area contributed by atoms with E-state index >= 15 is 0 Å². The van der Waals surface area contributed by atoms with E-state index in [-0.39, 0.29) is 50.1 Å². The zero-order valence-electron chi connectivity index (χ0n) is 34.6. The number of aliphatic carboxylic acids is 1. The molecule has 20 heteroatoms. The Hall–Kier alpha value is -3.00. The van der Waals surface area contributed by atoms with Crippen LogP contribution in [0.25, 0.3) is 0 Å². The van der Waals surface area contributed by atoms with Gasteiger partial charge >= 0.3 is 11.9 Å². The number of nitrogens with zero attached hydrogens (tertiary/aromatic N) is 3. The number of hydrogen-bond acceptors (Lipinski definition) is 14. The van der Waals surface area contributed by atoms with Crippen molar-refractivity contribution in [3.63, 3.8) is 0 Å². The number of unbranched alkanes of at least 4 members (excludes halogenated alkanes) is 1. The van der Waals surface area contributed by atoms with Gasteiger partial charge in [-0.2, -0.15) is 0 Å². The zero-order valence-corrected chi connectivity index (χ0v) is 36.4. The Bertz CT molecular complexity index is 1410. The molecule has 1 unspecified atom stereocenters. The monoisotopic (exact) mass is 830 g/mol. The average Bonchev–Trinajstić information content (AvgIpc) is 3.01. The number of phosphoric acid groups is 1. The molecule has 0 heterocycles. The summed E-state index contributed by atoms with van der Waals surface area (Å²) in [6.45, 7) is 18.8. The van der Waals surface area contributed by atoms with Gasteiger partial charge in [-0.1, -0.05) is 19.7 Å². The fourth-order valence-corrected chi connectivity index (χ4v) is 4.91. The van der Waals surface area contributed by atoms with Gasteiger partial charge in [0.25, 0.3) is 7.82 Å². The van der Waals surface area contributed by atoms with E-state index in [0.29, 0.717) is 59.1 Å². The molecule has 322 valence electrons. The molecule has 0 spiro atoms. The van der Waals surface area contributed by atoms with Gasteiger partial charge in [0.05, 0.1) is 85.7 Å². The number of phosphoric ester groups is 1. The molecule has 0 aliphatic heterocycles. The number of quaternary nitrogens is 3. The lowest BCUT2D eigenvalue weighted by Gasteiger charge is -2.30. The quantitative estimate of drug-likeness (QED) is 0.0304. The maximum absolute atomic E-state index is 11.3. The molecule has 0 radical (unpaired) electrons. The molecule has 1 atom stereocenters. The van der Waals surface area contributed by atoms with Gasteiger partial charge in [0.15, 0.2) is 0 Å². The highest BCUT2D eigenvalue weighted by Crippen LogP contribution is 2.37. The standard InChI is InChI=1S/C13H26N2O4S.C11H22NO6P.C11H19NO4/c1-12(2)13(16)14-8-7-10-15(3,4)9-5-6-11-20(17,18)19;1-10(2)11(13)16-8-9-18-19(14,15)17-7-6-12(3,4)5;1-9(2)11(15)16-8-7-12(3,4)6-5-10(13)14/h1,5-11H2,2-4H3,(H-,14,16,17,18,19);1,6-9H2,2-5H3;1,5-8H2,2-4H3. The molecule has 55 heavy (non-hydrogen) atoms. The number of esters is 2. The van der Waals surface area contributed by atoms with Gasteiger partial charge in [-0.3, -0.25) is 9.36 Å². The Kier molecular flexibility index (Phi) is 28.2. The van der Waals surface area contributed by atoms with Crippen LogP contribution in [0, 0.1) is 0 Å². The van der Waals surface area contributed by atoms with Crippen molar-refractivity contribution in [2.45, 2.75) is 46.5 Å². The summed E-state index contributed by atoms with van der Waals surface area (Å²) in [4.78, 5) is 54.9. The molecule has 0 saturated heterocycles. The van der Waals surface area contributed by atoms with Crippen LogP contribution >= 0.6 is 7.82 Å². The summed E-state index contributed by atoms with van der Waals surface area (Å²) in [5.74, 6) is -2.49. The maximum Gasteiger partial charge on any atom is 0.333 e. The molecule has 0 bridgehead atoms. The van der Waals surface area contributed by atoms with Crippen molar-refractivity contribution in [2.75, 3.05) is 121 Å². The molecule has 0 aromatic rings. The lowest BCUT2D eigenvalue weighted by molar-refractivity contribution is -0.890. The first-order valence-corrected chi connectivity index (χ1v) is 20.6. The lowest BCUT2D eigenvalue weighted by Crippen LogP contribution is -2.45. The molecule has 1 amide bonds. The Morgan fingerprint density at radius 1 is 0.673 bits per heavy atom. The number of carbonyl (C=O) groups excluding carboxylic acids is 4. The molecule has 0 rings (SSSR count). The van der Waals surface area contributed by atoms with E-state index in [4.69, 9.17) is 4.74 Å². The van der Waals surface area contributed by atoms with Crippen LogP contribution in [0.5, 0.6) is 0 Å². The number of carbonyl (C=O) groups is 4. The summed E-state index contributed by atoms with van der Waals surface area (Å²) in [7, 11) is 5.15. The van der Waals surface area contributed by atoms with Crippen LogP contribution in [-0.2, 0) is 52.4 Å². The SMILES string of the molecule is C=C(C)C(=O)NCCC[N+](C)(C)CCCCS(=O)(=O)[O-].C=C(C)C(=O)OCCOP(=O)([O-])OCC[N+](C)(C)C.C=C(C)C(=O)OCC[N+](C)(C)CCC(=O)[O-]. The molecule has 0 aromatic heterocycles. The summed E-state index contributed by atoms with van der Waals surface area (Å²) in [5.41, 5.74) is 1.10. The van der Waals surface area contributed by atoms with E-state index in [1.807, 2.05) is 49.3 Å². The van der Waals surface area contributed by atoms with Gasteiger partial charge in [0.1, 0.15) is 32.9 Å². The molecule has 0 aliphatic carbocycles. The second kappa shape index (κ2) is 27.6. The van der Waals surface area contributed by atoms with Crippen molar-refractivity contribution in [1.29, 1.82) is 0 Å². The van der Waals surface area contributed by atoms with Gasteiger partial charge in [-0.15, -0.1) is 0 Å². The van der Waals surface area contributed by atoms with Gasteiger partial charge in [-0.25, -0.2) is 18.0 Å². The number of carboxylic acids is 1. The number of ether oxygens (including phenoxy) is 2. The van der Waals surface area contributed by atoms with E-state index in [2.05, 4.69) is 38.8 Å². The van der Waals surface area contributed by atoms with Crippen LogP contribution in [0.2, 0.25) is 0 Å². The average molecular weight is 831 g/mol. The fraction of sp³-hybridized carbons (Fsp3) is 0.714. The molecule has 18 nitrogen and oxygen atoms in total. The van der Waals surface area contributed by atoms with Crippen LogP contribution in [0.3, 0.4) is 0 Å². The Labute approximate surface area is 328 Å². The van der Waals surface area contributed by atoms with Crippen molar-refractivity contribution >= 4 is 41.8 Å². The van der Waals surface area contributed by atoms with Crippen LogP contribution in [0.4, 0.5) is 0 Å². The molecule has 1 N–H and O–H groups in total. The summed E-state index contributed by atoms with van der Waals surface area (Å²) in [6, 6.07) is 0. The number of amides is 1. The second-order valence-electron chi connectivity index (χ2n) is 15.2. The smallest absolute Gasteiger partial charge is 0.333 e. The lowest BCUT2D eigenvalue weighted by atomic mass is 10.2. The topological polar surface area (TPSA) is 238 Å².